The van der Waals surface area contributed by atoms with Crippen LogP contribution in [0.2, 0.25) is 0 Å². The normalized spacial score (nSPS) is 12.7. The summed E-state index contributed by atoms with van der Waals surface area (Å²) in [6, 6.07) is 13.8. The van der Waals surface area contributed by atoms with E-state index in [0.717, 1.165) is 11.1 Å². The number of amides is 1. The first-order valence-corrected chi connectivity index (χ1v) is 7.43. The Kier molecular flexibility index (Phi) is 7.71. The topological polar surface area (TPSA) is 84.6 Å². The molecule has 0 heterocycles. The van der Waals surface area contributed by atoms with Gasteiger partial charge in [0.2, 0.25) is 5.91 Å². The van der Waals surface area contributed by atoms with E-state index >= 15 is 0 Å². The monoisotopic (exact) mass is 350 g/mol. The van der Waals surface area contributed by atoms with Crippen LogP contribution < -0.4 is 15.8 Å². The van der Waals surface area contributed by atoms with E-state index < -0.39 is 12.1 Å². The van der Waals surface area contributed by atoms with Gasteiger partial charge in [0.1, 0.15) is 11.8 Å². The lowest BCUT2D eigenvalue weighted by Gasteiger charge is -2.16. The second-order valence-electron chi connectivity index (χ2n) is 5.42. The first-order valence-electron chi connectivity index (χ1n) is 7.43. The van der Waals surface area contributed by atoms with Crippen molar-refractivity contribution < 1.29 is 14.6 Å². The molecule has 2 unspecified atom stereocenters. The average Bonchev–Trinajstić information content (AvgIpc) is 2.59. The number of rotatable bonds is 6. The number of carbonyl (C=O) groups is 1. The third-order valence-corrected chi connectivity index (χ3v) is 3.69. The minimum atomic E-state index is -0.796. The number of hydrogen-bond acceptors (Lipinski definition) is 4. The maximum absolute atomic E-state index is 12.1. The molecule has 0 spiro atoms. The zero-order valence-corrected chi connectivity index (χ0v) is 14.5. The fourth-order valence-corrected chi connectivity index (χ4v) is 2.18. The van der Waals surface area contributed by atoms with E-state index in [1.807, 2.05) is 31.2 Å². The molecular weight excluding hydrogens is 328 g/mol. The highest BCUT2D eigenvalue weighted by Crippen LogP contribution is 2.17. The standard InChI is InChI=1S/C18H22N2O3.ClH/c1-12-3-5-14(6-4-12)17(19)18(22)20-11-16(21)13-7-9-15(23-2)10-8-13;/h3-10,16-17,21H,11,19H2,1-2H3,(H,20,22);1H. The van der Waals surface area contributed by atoms with E-state index in [9.17, 15) is 9.90 Å². The van der Waals surface area contributed by atoms with Crippen molar-refractivity contribution in [2.45, 2.75) is 19.1 Å². The van der Waals surface area contributed by atoms with E-state index in [1.54, 1.807) is 31.4 Å². The van der Waals surface area contributed by atoms with Crippen molar-refractivity contribution in [3.63, 3.8) is 0 Å². The number of carbonyl (C=O) groups excluding carboxylic acids is 1. The van der Waals surface area contributed by atoms with Crippen LogP contribution in [0, 0.1) is 6.92 Å². The number of aryl methyl sites for hydroxylation is 1. The number of nitrogens with one attached hydrogen (secondary N) is 1. The molecule has 0 bridgehead atoms. The van der Waals surface area contributed by atoms with Gasteiger partial charge in [-0.3, -0.25) is 4.79 Å². The minimum absolute atomic E-state index is 0. The van der Waals surface area contributed by atoms with Gasteiger partial charge in [0, 0.05) is 6.54 Å². The fraction of sp³-hybridized carbons (Fsp3) is 0.278. The van der Waals surface area contributed by atoms with Crippen LogP contribution in [0.1, 0.15) is 28.8 Å². The summed E-state index contributed by atoms with van der Waals surface area (Å²) < 4.78 is 5.07. The molecule has 0 aliphatic carbocycles. The van der Waals surface area contributed by atoms with Crippen LogP contribution in [0.15, 0.2) is 48.5 Å². The number of ether oxygens (including phenoxy) is 1. The molecule has 4 N–H and O–H groups in total. The van der Waals surface area contributed by atoms with Crippen molar-refractivity contribution in [1.29, 1.82) is 0 Å². The van der Waals surface area contributed by atoms with Gasteiger partial charge in [0.25, 0.3) is 0 Å². The summed E-state index contributed by atoms with van der Waals surface area (Å²) in [5, 5.41) is 12.8. The van der Waals surface area contributed by atoms with Gasteiger partial charge >= 0.3 is 0 Å². The number of aliphatic hydroxyl groups is 1. The van der Waals surface area contributed by atoms with Gasteiger partial charge in [-0.15, -0.1) is 12.4 Å². The third-order valence-electron chi connectivity index (χ3n) is 3.69. The lowest BCUT2D eigenvalue weighted by Crippen LogP contribution is -2.36. The van der Waals surface area contributed by atoms with E-state index in [0.29, 0.717) is 11.3 Å². The zero-order valence-electron chi connectivity index (χ0n) is 13.7. The summed E-state index contributed by atoms with van der Waals surface area (Å²) in [4.78, 5) is 12.1. The lowest BCUT2D eigenvalue weighted by atomic mass is 10.0. The average molecular weight is 351 g/mol. The SMILES string of the molecule is COc1ccc(C(O)CNC(=O)C(N)c2ccc(C)cc2)cc1.Cl. The molecule has 6 heteroatoms. The largest absolute Gasteiger partial charge is 0.497 e. The van der Waals surface area contributed by atoms with Crippen molar-refractivity contribution >= 4 is 18.3 Å². The first-order chi connectivity index (χ1) is 11.0. The van der Waals surface area contributed by atoms with Gasteiger partial charge < -0.3 is 20.9 Å². The van der Waals surface area contributed by atoms with Gasteiger partial charge in [0.15, 0.2) is 0 Å². The number of benzene rings is 2. The second kappa shape index (κ2) is 9.27. The van der Waals surface area contributed by atoms with Crippen molar-refractivity contribution in [3.8, 4) is 5.75 Å². The van der Waals surface area contributed by atoms with Crippen molar-refractivity contribution in [3.05, 3.63) is 65.2 Å². The molecule has 130 valence electrons. The van der Waals surface area contributed by atoms with Crippen molar-refractivity contribution in [2.24, 2.45) is 5.73 Å². The Hall–Kier alpha value is -2.08. The van der Waals surface area contributed by atoms with Crippen LogP contribution in [-0.2, 0) is 4.79 Å². The van der Waals surface area contributed by atoms with Gasteiger partial charge in [-0.05, 0) is 30.2 Å². The van der Waals surface area contributed by atoms with Gasteiger partial charge in [0.05, 0.1) is 13.2 Å². The molecular formula is C18H23ClN2O3. The number of aliphatic hydroxyl groups excluding tert-OH is 1. The molecule has 0 aromatic heterocycles. The van der Waals surface area contributed by atoms with Gasteiger partial charge in [-0.1, -0.05) is 42.0 Å². The number of nitrogens with two attached hydrogens (primary N) is 1. The van der Waals surface area contributed by atoms with E-state index in [4.69, 9.17) is 10.5 Å². The van der Waals surface area contributed by atoms with E-state index in [-0.39, 0.29) is 24.9 Å². The molecule has 0 fully saturated rings. The second-order valence-corrected chi connectivity index (χ2v) is 5.42. The maximum atomic E-state index is 12.1. The van der Waals surface area contributed by atoms with Crippen LogP contribution in [0.25, 0.3) is 0 Å². The Morgan fingerprint density at radius 3 is 2.21 bits per heavy atom. The molecule has 2 atom stereocenters. The Bertz CT molecular complexity index is 644. The molecule has 1 amide bonds. The number of methoxy groups -OCH3 is 1. The molecule has 24 heavy (non-hydrogen) atoms. The van der Waals surface area contributed by atoms with Crippen LogP contribution in [0.4, 0.5) is 0 Å². The highest BCUT2D eigenvalue weighted by Gasteiger charge is 2.17. The lowest BCUT2D eigenvalue weighted by molar-refractivity contribution is -0.122. The highest BCUT2D eigenvalue weighted by atomic mass is 35.5. The predicted molar refractivity (Wildman–Crippen MR) is 96.3 cm³/mol. The molecule has 2 aromatic rings. The predicted octanol–water partition coefficient (Wildman–Crippen LogP) is 2.28. The summed E-state index contributed by atoms with van der Waals surface area (Å²) in [6.07, 6.45) is -0.796. The summed E-state index contributed by atoms with van der Waals surface area (Å²) in [6.45, 7) is 2.07. The molecule has 5 nitrogen and oxygen atoms in total. The minimum Gasteiger partial charge on any atom is -0.497 e. The number of halogens is 1. The van der Waals surface area contributed by atoms with Crippen LogP contribution in [0.3, 0.4) is 0 Å². The molecule has 0 saturated carbocycles. The summed E-state index contributed by atoms with van der Waals surface area (Å²) >= 11 is 0. The van der Waals surface area contributed by atoms with E-state index in [2.05, 4.69) is 5.32 Å². The molecule has 2 aromatic carbocycles. The first kappa shape index (κ1) is 20.0. The fourth-order valence-electron chi connectivity index (χ4n) is 2.18. The van der Waals surface area contributed by atoms with Crippen LogP contribution in [0.5, 0.6) is 5.75 Å². The third kappa shape index (κ3) is 5.23. The van der Waals surface area contributed by atoms with Gasteiger partial charge in [-0.25, -0.2) is 0 Å². The van der Waals surface area contributed by atoms with Crippen molar-refractivity contribution in [2.75, 3.05) is 13.7 Å². The highest BCUT2D eigenvalue weighted by molar-refractivity contribution is 5.85. The van der Waals surface area contributed by atoms with Crippen LogP contribution >= 0.6 is 12.4 Å². The Morgan fingerprint density at radius 1 is 1.12 bits per heavy atom. The molecule has 2 rings (SSSR count). The number of hydrogen-bond donors (Lipinski definition) is 3. The zero-order chi connectivity index (χ0) is 16.8. The Labute approximate surface area is 148 Å². The van der Waals surface area contributed by atoms with Crippen molar-refractivity contribution in [1.82, 2.24) is 5.32 Å². The summed E-state index contributed by atoms with van der Waals surface area (Å²) in [7, 11) is 1.58. The Balaban J connectivity index is 0.00000288. The van der Waals surface area contributed by atoms with E-state index in [1.165, 1.54) is 0 Å². The summed E-state index contributed by atoms with van der Waals surface area (Å²) in [5.41, 5.74) is 8.50. The molecule has 0 saturated heterocycles. The molecule has 0 aliphatic rings. The molecule has 0 aliphatic heterocycles. The van der Waals surface area contributed by atoms with Gasteiger partial charge in [-0.2, -0.15) is 0 Å². The molecule has 0 radical (unpaired) electrons. The summed E-state index contributed by atoms with van der Waals surface area (Å²) in [5.74, 6) is 0.396. The Morgan fingerprint density at radius 2 is 1.67 bits per heavy atom. The smallest absolute Gasteiger partial charge is 0.241 e. The quantitative estimate of drug-likeness (QED) is 0.746. The maximum Gasteiger partial charge on any atom is 0.241 e. The van der Waals surface area contributed by atoms with Crippen LogP contribution in [-0.4, -0.2) is 24.7 Å².